The normalized spacial score (nSPS) is 21.0. The highest BCUT2D eigenvalue weighted by atomic mass is 35.5. The second-order valence-electron chi connectivity index (χ2n) is 7.14. The monoisotopic (exact) mass is 375 g/mol. The van der Waals surface area contributed by atoms with Gasteiger partial charge >= 0.3 is 0 Å². The molecule has 0 N–H and O–H groups in total. The third kappa shape index (κ3) is 4.19. The minimum Gasteiger partial charge on any atom is -0.335 e. The molecule has 0 unspecified atom stereocenters. The molecule has 1 heterocycles. The van der Waals surface area contributed by atoms with Crippen LogP contribution in [0.3, 0.4) is 0 Å². The number of piperidine rings is 1. The molecule has 0 saturated carbocycles. The molecule has 0 radical (unpaired) electrons. The number of halogens is 2. The molecule has 1 amide bonds. The first kappa shape index (κ1) is 18.3. The number of hydrogen-bond acceptors (Lipinski definition) is 1. The Balaban J connectivity index is 2.05. The number of rotatable bonds is 4. The van der Waals surface area contributed by atoms with E-state index in [0.717, 1.165) is 23.6 Å². The van der Waals surface area contributed by atoms with E-state index in [-0.39, 0.29) is 17.9 Å². The van der Waals surface area contributed by atoms with Crippen LogP contribution in [0.15, 0.2) is 48.5 Å². The molecular formula is C21H23Cl2NO. The van der Waals surface area contributed by atoms with E-state index in [1.165, 1.54) is 5.56 Å². The predicted octanol–water partition coefficient (Wildman–Crippen LogP) is 6.10. The molecule has 2 aromatic rings. The van der Waals surface area contributed by atoms with Gasteiger partial charge in [0.05, 0.1) is 6.04 Å². The molecule has 2 nitrogen and oxygen atoms in total. The first-order valence-corrected chi connectivity index (χ1v) is 9.51. The summed E-state index contributed by atoms with van der Waals surface area (Å²) in [6.07, 6.45) is 1.41. The minimum atomic E-state index is 0.0133. The maximum atomic E-state index is 12.7. The first-order valence-electron chi connectivity index (χ1n) is 8.76. The van der Waals surface area contributed by atoms with Gasteiger partial charge in [0, 0.05) is 28.9 Å². The summed E-state index contributed by atoms with van der Waals surface area (Å²) in [5.74, 6) is 0.875. The number of hydrogen-bond donors (Lipinski definition) is 0. The standard InChI is InChI=1S/C21H23Cl2NO/c1-14(2)13-24-20(25)11-10-19(16-4-3-5-18(23)12-16)21(24)15-6-8-17(22)9-7-15/h3-9,12,14,19,21H,10-11,13H2,1-2H3/t19-,21-/m1/s1. The number of benzene rings is 2. The molecule has 0 spiro atoms. The second-order valence-corrected chi connectivity index (χ2v) is 8.01. The number of carbonyl (C=O) groups is 1. The molecule has 1 fully saturated rings. The molecule has 132 valence electrons. The molecular weight excluding hydrogens is 353 g/mol. The van der Waals surface area contributed by atoms with E-state index in [2.05, 4.69) is 19.9 Å². The van der Waals surface area contributed by atoms with Gasteiger partial charge in [0.2, 0.25) is 5.91 Å². The SMILES string of the molecule is CC(C)CN1C(=O)CC[C@H](c2cccc(Cl)c2)[C@H]1c1ccc(Cl)cc1. The third-order valence-corrected chi connectivity index (χ3v) is 5.24. The maximum absolute atomic E-state index is 12.7. The van der Waals surface area contributed by atoms with E-state index < -0.39 is 0 Å². The van der Waals surface area contributed by atoms with Crippen molar-refractivity contribution < 1.29 is 4.79 Å². The molecule has 4 heteroatoms. The van der Waals surface area contributed by atoms with Crippen LogP contribution in [-0.2, 0) is 4.79 Å². The summed E-state index contributed by atoms with van der Waals surface area (Å²) in [6.45, 7) is 5.05. The minimum absolute atomic E-state index is 0.0133. The van der Waals surface area contributed by atoms with Gasteiger partial charge in [0.1, 0.15) is 0 Å². The van der Waals surface area contributed by atoms with Gasteiger partial charge in [-0.2, -0.15) is 0 Å². The molecule has 1 saturated heterocycles. The summed E-state index contributed by atoms with van der Waals surface area (Å²) in [5, 5.41) is 1.44. The zero-order valence-corrected chi connectivity index (χ0v) is 16.1. The average Bonchev–Trinajstić information content (AvgIpc) is 2.57. The predicted molar refractivity (Wildman–Crippen MR) is 104 cm³/mol. The van der Waals surface area contributed by atoms with Crippen LogP contribution in [-0.4, -0.2) is 17.4 Å². The summed E-state index contributed by atoms with van der Waals surface area (Å²) >= 11 is 12.3. The lowest BCUT2D eigenvalue weighted by Crippen LogP contribution is -2.43. The van der Waals surface area contributed by atoms with Crippen LogP contribution < -0.4 is 0 Å². The highest BCUT2D eigenvalue weighted by Crippen LogP contribution is 2.44. The molecule has 3 rings (SSSR count). The molecule has 1 aliphatic heterocycles. The van der Waals surface area contributed by atoms with Crippen molar-refractivity contribution >= 4 is 29.1 Å². The maximum Gasteiger partial charge on any atom is 0.223 e. The van der Waals surface area contributed by atoms with Crippen molar-refractivity contribution in [2.45, 2.75) is 38.6 Å². The number of nitrogens with zero attached hydrogens (tertiary/aromatic N) is 1. The molecule has 2 aromatic carbocycles. The van der Waals surface area contributed by atoms with Gasteiger partial charge in [-0.05, 0) is 47.7 Å². The van der Waals surface area contributed by atoms with Crippen LogP contribution in [0.4, 0.5) is 0 Å². The largest absolute Gasteiger partial charge is 0.335 e. The lowest BCUT2D eigenvalue weighted by atomic mass is 9.79. The average molecular weight is 376 g/mol. The van der Waals surface area contributed by atoms with Crippen molar-refractivity contribution in [2.24, 2.45) is 5.92 Å². The van der Waals surface area contributed by atoms with Crippen LogP contribution in [0.5, 0.6) is 0 Å². The number of likely N-dealkylation sites (tertiary alicyclic amines) is 1. The molecule has 0 bridgehead atoms. The Morgan fingerprint density at radius 3 is 2.40 bits per heavy atom. The smallest absolute Gasteiger partial charge is 0.223 e. The fraction of sp³-hybridized carbons (Fsp3) is 0.381. The van der Waals surface area contributed by atoms with Crippen LogP contribution in [0, 0.1) is 5.92 Å². The van der Waals surface area contributed by atoms with E-state index in [0.29, 0.717) is 17.4 Å². The Labute approximate surface area is 159 Å². The molecule has 25 heavy (non-hydrogen) atoms. The Bertz CT molecular complexity index is 742. The van der Waals surface area contributed by atoms with Crippen LogP contribution in [0.1, 0.15) is 49.8 Å². The summed E-state index contributed by atoms with van der Waals surface area (Å²) in [7, 11) is 0. The fourth-order valence-electron chi connectivity index (χ4n) is 3.72. The lowest BCUT2D eigenvalue weighted by molar-refractivity contribution is -0.138. The second kappa shape index (κ2) is 7.80. The van der Waals surface area contributed by atoms with Gasteiger partial charge in [-0.3, -0.25) is 4.79 Å². The van der Waals surface area contributed by atoms with Gasteiger partial charge in [-0.1, -0.05) is 61.3 Å². The lowest BCUT2D eigenvalue weighted by Gasteiger charge is -2.42. The van der Waals surface area contributed by atoms with Crippen molar-refractivity contribution in [1.82, 2.24) is 4.90 Å². The Hall–Kier alpha value is -1.51. The molecule has 1 aliphatic rings. The van der Waals surface area contributed by atoms with Crippen molar-refractivity contribution in [2.75, 3.05) is 6.54 Å². The van der Waals surface area contributed by atoms with Crippen molar-refractivity contribution in [3.8, 4) is 0 Å². The molecule has 0 aliphatic carbocycles. The van der Waals surface area contributed by atoms with Crippen LogP contribution in [0.2, 0.25) is 10.0 Å². The van der Waals surface area contributed by atoms with E-state index in [1.54, 1.807) is 0 Å². The van der Waals surface area contributed by atoms with E-state index in [4.69, 9.17) is 23.2 Å². The van der Waals surface area contributed by atoms with Gasteiger partial charge in [-0.15, -0.1) is 0 Å². The molecule has 2 atom stereocenters. The molecule has 0 aromatic heterocycles. The van der Waals surface area contributed by atoms with Crippen molar-refractivity contribution in [1.29, 1.82) is 0 Å². The zero-order chi connectivity index (χ0) is 18.0. The Morgan fingerprint density at radius 2 is 1.76 bits per heavy atom. The van der Waals surface area contributed by atoms with Gasteiger partial charge in [-0.25, -0.2) is 0 Å². The first-order chi connectivity index (χ1) is 12.0. The fourth-order valence-corrected chi connectivity index (χ4v) is 4.04. The summed E-state index contributed by atoms with van der Waals surface area (Å²) in [4.78, 5) is 14.7. The van der Waals surface area contributed by atoms with Crippen molar-refractivity contribution in [3.63, 3.8) is 0 Å². The summed E-state index contributed by atoms with van der Waals surface area (Å²) < 4.78 is 0. The topological polar surface area (TPSA) is 20.3 Å². The summed E-state index contributed by atoms with van der Waals surface area (Å²) in [6, 6.07) is 15.9. The third-order valence-electron chi connectivity index (χ3n) is 4.76. The van der Waals surface area contributed by atoms with Gasteiger partial charge in [0.15, 0.2) is 0 Å². The van der Waals surface area contributed by atoms with E-state index in [9.17, 15) is 4.79 Å². The Morgan fingerprint density at radius 1 is 1.04 bits per heavy atom. The highest BCUT2D eigenvalue weighted by Gasteiger charge is 2.37. The van der Waals surface area contributed by atoms with Gasteiger partial charge in [0.25, 0.3) is 0 Å². The summed E-state index contributed by atoms with van der Waals surface area (Å²) in [5.41, 5.74) is 2.32. The van der Waals surface area contributed by atoms with E-state index >= 15 is 0 Å². The Kier molecular flexibility index (Phi) is 5.71. The number of amides is 1. The van der Waals surface area contributed by atoms with Gasteiger partial charge < -0.3 is 4.90 Å². The van der Waals surface area contributed by atoms with Crippen LogP contribution in [0.25, 0.3) is 0 Å². The quantitative estimate of drug-likeness (QED) is 0.632. The zero-order valence-electron chi connectivity index (χ0n) is 14.6. The number of carbonyl (C=O) groups excluding carboxylic acids is 1. The van der Waals surface area contributed by atoms with Crippen LogP contribution >= 0.6 is 23.2 Å². The highest BCUT2D eigenvalue weighted by molar-refractivity contribution is 6.30. The van der Waals surface area contributed by atoms with E-state index in [1.807, 2.05) is 47.4 Å². The van der Waals surface area contributed by atoms with Crippen molar-refractivity contribution in [3.05, 3.63) is 69.7 Å².